The summed E-state index contributed by atoms with van der Waals surface area (Å²) < 4.78 is 0. The van der Waals surface area contributed by atoms with E-state index in [0.29, 0.717) is 5.56 Å². The molecular weight excluding hydrogens is 288 g/mol. The molecule has 0 aliphatic rings. The Morgan fingerprint density at radius 2 is 1.65 bits per heavy atom. The zero-order valence-electron chi connectivity index (χ0n) is 13.5. The maximum Gasteiger partial charge on any atom is 0.251 e. The van der Waals surface area contributed by atoms with Gasteiger partial charge in [0.15, 0.2) is 0 Å². The van der Waals surface area contributed by atoms with Crippen molar-refractivity contribution in [3.63, 3.8) is 0 Å². The molecule has 2 rings (SSSR count). The third kappa shape index (κ3) is 4.95. The number of rotatable bonds is 6. The summed E-state index contributed by atoms with van der Waals surface area (Å²) in [4.78, 5) is 24.0. The summed E-state index contributed by atoms with van der Waals surface area (Å²) in [5.41, 5.74) is 2.80. The molecule has 4 nitrogen and oxygen atoms in total. The molecule has 0 aromatic heterocycles. The summed E-state index contributed by atoms with van der Waals surface area (Å²) in [5, 5.41) is 5.59. The number of amides is 2. The smallest absolute Gasteiger partial charge is 0.251 e. The third-order valence-electron chi connectivity index (χ3n) is 3.67. The van der Waals surface area contributed by atoms with Crippen molar-refractivity contribution in [2.75, 3.05) is 6.54 Å². The molecule has 2 aromatic carbocycles. The summed E-state index contributed by atoms with van der Waals surface area (Å²) in [6.07, 6.45) is 0.793. The molecule has 4 heteroatoms. The van der Waals surface area contributed by atoms with Gasteiger partial charge < -0.3 is 10.6 Å². The molecule has 0 heterocycles. The van der Waals surface area contributed by atoms with Gasteiger partial charge in [0.05, 0.1) is 12.6 Å². The molecule has 2 N–H and O–H groups in total. The fraction of sp³-hybridized carbons (Fsp3) is 0.263. The van der Waals surface area contributed by atoms with Crippen LogP contribution in [0.25, 0.3) is 0 Å². The van der Waals surface area contributed by atoms with E-state index in [0.717, 1.165) is 12.0 Å². The predicted octanol–water partition coefficient (Wildman–Crippen LogP) is 2.99. The van der Waals surface area contributed by atoms with Crippen LogP contribution >= 0.6 is 0 Å². The predicted molar refractivity (Wildman–Crippen MR) is 91.1 cm³/mol. The van der Waals surface area contributed by atoms with Crippen molar-refractivity contribution in [1.82, 2.24) is 10.6 Å². The molecule has 120 valence electrons. The van der Waals surface area contributed by atoms with Crippen LogP contribution in [-0.2, 0) is 4.79 Å². The zero-order valence-corrected chi connectivity index (χ0v) is 13.5. The molecule has 2 amide bonds. The summed E-state index contributed by atoms with van der Waals surface area (Å²) >= 11 is 0. The van der Waals surface area contributed by atoms with E-state index in [2.05, 4.69) is 10.6 Å². The van der Waals surface area contributed by atoms with E-state index in [4.69, 9.17) is 0 Å². The molecule has 0 fully saturated rings. The zero-order chi connectivity index (χ0) is 16.7. The molecule has 0 radical (unpaired) electrons. The van der Waals surface area contributed by atoms with Gasteiger partial charge in [-0.15, -0.1) is 0 Å². The van der Waals surface area contributed by atoms with Crippen molar-refractivity contribution in [1.29, 1.82) is 0 Å². The second-order valence-electron chi connectivity index (χ2n) is 5.49. The van der Waals surface area contributed by atoms with E-state index < -0.39 is 0 Å². The Morgan fingerprint density at radius 1 is 1.00 bits per heavy atom. The van der Waals surface area contributed by atoms with Crippen molar-refractivity contribution in [3.8, 4) is 0 Å². The van der Waals surface area contributed by atoms with Gasteiger partial charge in [-0.2, -0.15) is 0 Å². The fourth-order valence-electron chi connectivity index (χ4n) is 2.32. The highest BCUT2D eigenvalue weighted by atomic mass is 16.2. The molecule has 0 saturated carbocycles. The molecule has 23 heavy (non-hydrogen) atoms. The van der Waals surface area contributed by atoms with Gasteiger partial charge in [0.25, 0.3) is 5.91 Å². The summed E-state index contributed by atoms with van der Waals surface area (Å²) in [5.74, 6) is -0.439. The summed E-state index contributed by atoms with van der Waals surface area (Å²) in [7, 11) is 0. The highest BCUT2D eigenvalue weighted by molar-refractivity contribution is 5.96. The average Bonchev–Trinajstić information content (AvgIpc) is 2.59. The van der Waals surface area contributed by atoms with Crippen molar-refractivity contribution in [2.24, 2.45) is 0 Å². The van der Waals surface area contributed by atoms with Crippen molar-refractivity contribution < 1.29 is 9.59 Å². The standard InChI is InChI=1S/C19H22N2O2/c1-3-17(15-11-9-14(2)10-12-15)21-18(22)13-20-19(23)16-7-5-4-6-8-16/h4-12,17H,3,13H2,1-2H3,(H,20,23)(H,21,22). The van der Waals surface area contributed by atoms with E-state index in [1.54, 1.807) is 24.3 Å². The number of aryl methyl sites for hydroxylation is 1. The van der Waals surface area contributed by atoms with Crippen molar-refractivity contribution >= 4 is 11.8 Å². The number of hydrogen-bond donors (Lipinski definition) is 2. The number of hydrogen-bond acceptors (Lipinski definition) is 2. The molecular formula is C19H22N2O2. The van der Waals surface area contributed by atoms with E-state index in [1.807, 2.05) is 44.2 Å². The normalized spacial score (nSPS) is 11.6. The molecule has 0 spiro atoms. The number of carbonyl (C=O) groups is 2. The summed E-state index contributed by atoms with van der Waals surface area (Å²) in [6.45, 7) is 4.02. The molecule has 1 atom stereocenters. The molecule has 0 aliphatic carbocycles. The monoisotopic (exact) mass is 310 g/mol. The van der Waals surface area contributed by atoms with Crippen LogP contribution in [0, 0.1) is 6.92 Å². The lowest BCUT2D eigenvalue weighted by molar-refractivity contribution is -0.120. The van der Waals surface area contributed by atoms with Gasteiger partial charge in [0.1, 0.15) is 0 Å². The first-order valence-electron chi connectivity index (χ1n) is 7.79. The Bertz CT molecular complexity index is 651. The first kappa shape index (κ1) is 16.7. The molecule has 0 aliphatic heterocycles. The highest BCUT2D eigenvalue weighted by Gasteiger charge is 2.13. The van der Waals surface area contributed by atoms with Crippen LogP contribution in [0.1, 0.15) is 40.9 Å². The number of nitrogens with one attached hydrogen (secondary N) is 2. The maximum absolute atomic E-state index is 12.1. The van der Waals surface area contributed by atoms with Crippen LogP contribution < -0.4 is 10.6 Å². The van der Waals surface area contributed by atoms with Gasteiger partial charge in [-0.1, -0.05) is 55.0 Å². The lowest BCUT2D eigenvalue weighted by Crippen LogP contribution is -2.38. The molecule has 0 saturated heterocycles. The van der Waals surface area contributed by atoms with Crippen LogP contribution in [0.5, 0.6) is 0 Å². The van der Waals surface area contributed by atoms with Crippen molar-refractivity contribution in [3.05, 3.63) is 71.3 Å². The lowest BCUT2D eigenvalue weighted by atomic mass is 10.0. The lowest BCUT2D eigenvalue weighted by Gasteiger charge is -2.18. The Kier molecular flexibility index (Phi) is 5.92. The first-order chi connectivity index (χ1) is 11.1. The maximum atomic E-state index is 12.1. The minimum absolute atomic E-state index is 0.0317. The highest BCUT2D eigenvalue weighted by Crippen LogP contribution is 2.16. The van der Waals surface area contributed by atoms with E-state index in [-0.39, 0.29) is 24.4 Å². The quantitative estimate of drug-likeness (QED) is 0.861. The van der Waals surface area contributed by atoms with E-state index in [1.165, 1.54) is 5.56 Å². The number of carbonyl (C=O) groups excluding carboxylic acids is 2. The van der Waals surface area contributed by atoms with Gasteiger partial charge in [-0.05, 0) is 31.0 Å². The van der Waals surface area contributed by atoms with E-state index >= 15 is 0 Å². The molecule has 0 bridgehead atoms. The van der Waals surface area contributed by atoms with Gasteiger partial charge in [-0.3, -0.25) is 9.59 Å². The largest absolute Gasteiger partial charge is 0.348 e. The second-order valence-corrected chi connectivity index (χ2v) is 5.49. The molecule has 1 unspecified atom stereocenters. The van der Waals surface area contributed by atoms with E-state index in [9.17, 15) is 9.59 Å². The van der Waals surface area contributed by atoms with Crippen LogP contribution in [0.3, 0.4) is 0 Å². The Balaban J connectivity index is 1.88. The first-order valence-corrected chi connectivity index (χ1v) is 7.79. The minimum atomic E-state index is -0.246. The van der Waals surface area contributed by atoms with Gasteiger partial charge in [0, 0.05) is 5.56 Å². The Labute approximate surface area is 136 Å². The fourth-order valence-corrected chi connectivity index (χ4v) is 2.32. The Morgan fingerprint density at radius 3 is 2.26 bits per heavy atom. The van der Waals surface area contributed by atoms with Crippen LogP contribution in [0.2, 0.25) is 0 Å². The SMILES string of the molecule is CCC(NC(=O)CNC(=O)c1ccccc1)c1ccc(C)cc1. The van der Waals surface area contributed by atoms with Crippen molar-refractivity contribution in [2.45, 2.75) is 26.3 Å². The third-order valence-corrected chi connectivity index (χ3v) is 3.67. The average molecular weight is 310 g/mol. The number of benzene rings is 2. The van der Waals surface area contributed by atoms with Crippen LogP contribution in [0.4, 0.5) is 0 Å². The summed E-state index contributed by atoms with van der Waals surface area (Å²) in [6, 6.07) is 16.9. The topological polar surface area (TPSA) is 58.2 Å². The minimum Gasteiger partial charge on any atom is -0.348 e. The molecule has 2 aromatic rings. The Hall–Kier alpha value is -2.62. The van der Waals surface area contributed by atoms with Gasteiger partial charge >= 0.3 is 0 Å². The van der Waals surface area contributed by atoms with Crippen LogP contribution in [0.15, 0.2) is 54.6 Å². The van der Waals surface area contributed by atoms with Gasteiger partial charge in [-0.25, -0.2) is 0 Å². The van der Waals surface area contributed by atoms with Gasteiger partial charge in [0.2, 0.25) is 5.91 Å². The second kappa shape index (κ2) is 8.13. The van der Waals surface area contributed by atoms with Crippen LogP contribution in [-0.4, -0.2) is 18.4 Å².